The molecule has 0 unspecified atom stereocenters. The van der Waals surface area contributed by atoms with Crippen LogP contribution in [0.2, 0.25) is 0 Å². The van der Waals surface area contributed by atoms with Crippen LogP contribution in [0.15, 0.2) is 79.0 Å². The van der Waals surface area contributed by atoms with Gasteiger partial charge in [-0.15, -0.1) is 0 Å². The summed E-state index contributed by atoms with van der Waals surface area (Å²) >= 11 is 0. The van der Waals surface area contributed by atoms with E-state index in [4.69, 9.17) is 9.84 Å². The van der Waals surface area contributed by atoms with Crippen LogP contribution < -0.4 is 10.6 Å². The fraction of sp³-hybridized carbons (Fsp3) is 0.148. The van der Waals surface area contributed by atoms with Crippen LogP contribution in [0, 0.1) is 13.8 Å². The number of hydrogen-bond acceptors (Lipinski definition) is 4. The van der Waals surface area contributed by atoms with Crippen molar-refractivity contribution < 1.29 is 14.3 Å². The summed E-state index contributed by atoms with van der Waals surface area (Å²) in [6.07, 6.45) is 1.74. The number of methoxy groups -OCH3 is 1. The maximum absolute atomic E-state index is 13.3. The van der Waals surface area contributed by atoms with Crippen LogP contribution in [0.5, 0.6) is 0 Å². The van der Waals surface area contributed by atoms with E-state index in [2.05, 4.69) is 17.6 Å². The van der Waals surface area contributed by atoms with Gasteiger partial charge in [-0.3, -0.25) is 9.59 Å². The lowest BCUT2D eigenvalue weighted by atomic mass is 10.0. The number of aromatic nitrogens is 2. The van der Waals surface area contributed by atoms with Crippen molar-refractivity contribution in [3.05, 3.63) is 95.7 Å². The normalized spacial score (nSPS) is 10.7. The van der Waals surface area contributed by atoms with Gasteiger partial charge in [-0.05, 0) is 67.4 Å². The number of nitrogens with zero attached hydrogens (tertiary/aromatic N) is 2. The Bertz CT molecular complexity index is 1310. The van der Waals surface area contributed by atoms with Gasteiger partial charge in [0.2, 0.25) is 5.91 Å². The van der Waals surface area contributed by atoms with E-state index in [0.717, 1.165) is 16.8 Å². The average molecular weight is 455 g/mol. The summed E-state index contributed by atoms with van der Waals surface area (Å²) in [5.41, 5.74) is 6.33. The van der Waals surface area contributed by atoms with E-state index >= 15 is 0 Å². The van der Waals surface area contributed by atoms with Gasteiger partial charge in [0.05, 0.1) is 11.3 Å². The molecule has 7 nitrogen and oxygen atoms in total. The zero-order valence-corrected chi connectivity index (χ0v) is 19.3. The fourth-order valence-corrected chi connectivity index (χ4v) is 3.52. The highest BCUT2D eigenvalue weighted by Crippen LogP contribution is 2.27. The Morgan fingerprint density at radius 1 is 0.882 bits per heavy atom. The van der Waals surface area contributed by atoms with Gasteiger partial charge in [0.25, 0.3) is 5.91 Å². The molecule has 2 amide bonds. The third-order valence-electron chi connectivity index (χ3n) is 5.46. The Kier molecular flexibility index (Phi) is 6.85. The molecule has 0 spiro atoms. The number of hydrogen-bond donors (Lipinski definition) is 2. The summed E-state index contributed by atoms with van der Waals surface area (Å²) < 4.78 is 6.54. The number of ether oxygens (including phenoxy) is 1. The maximum Gasteiger partial charge on any atom is 0.259 e. The van der Waals surface area contributed by atoms with Crippen molar-refractivity contribution in [1.82, 2.24) is 9.78 Å². The zero-order chi connectivity index (χ0) is 24.1. The summed E-state index contributed by atoms with van der Waals surface area (Å²) in [4.78, 5) is 25.0. The quantitative estimate of drug-likeness (QED) is 0.412. The van der Waals surface area contributed by atoms with E-state index in [1.807, 2.05) is 55.5 Å². The molecule has 0 bridgehead atoms. The van der Waals surface area contributed by atoms with Gasteiger partial charge in [0, 0.05) is 30.2 Å². The molecule has 0 aliphatic rings. The number of benzene rings is 3. The van der Waals surface area contributed by atoms with Gasteiger partial charge in [-0.2, -0.15) is 5.10 Å². The molecule has 4 aromatic rings. The fourth-order valence-electron chi connectivity index (χ4n) is 3.52. The van der Waals surface area contributed by atoms with Crippen LogP contribution in [-0.2, 0) is 9.53 Å². The molecule has 0 saturated carbocycles. The number of carbonyl (C=O) groups is 2. The highest BCUT2D eigenvalue weighted by atomic mass is 16.5. The average Bonchev–Trinajstić information content (AvgIpc) is 3.29. The Hall–Kier alpha value is -4.23. The number of para-hydroxylation sites is 1. The molecule has 1 heterocycles. The minimum atomic E-state index is -0.272. The topological polar surface area (TPSA) is 85.3 Å². The predicted molar refractivity (Wildman–Crippen MR) is 133 cm³/mol. The standard InChI is InChI=1S/C27H26N4O3/c1-18-9-10-20(15-19(18)2)26-24(16-31(30-26)23-7-5-4-6-8-23)27(33)29-22-13-11-21(12-14-22)28-25(32)17-34-3/h4-16H,17H2,1-3H3,(H,28,32)(H,29,33). The molecule has 172 valence electrons. The molecular formula is C27H26N4O3. The van der Waals surface area contributed by atoms with Crippen molar-refractivity contribution in [2.24, 2.45) is 0 Å². The second-order valence-corrected chi connectivity index (χ2v) is 7.98. The molecule has 1 aromatic heterocycles. The van der Waals surface area contributed by atoms with Gasteiger partial charge in [0.15, 0.2) is 0 Å². The Balaban J connectivity index is 1.63. The number of aryl methyl sites for hydroxylation is 2. The van der Waals surface area contributed by atoms with E-state index in [1.165, 1.54) is 12.7 Å². The van der Waals surface area contributed by atoms with Crippen molar-refractivity contribution in [3.63, 3.8) is 0 Å². The zero-order valence-electron chi connectivity index (χ0n) is 19.3. The molecule has 0 atom stereocenters. The van der Waals surface area contributed by atoms with Crippen LogP contribution in [-0.4, -0.2) is 35.3 Å². The van der Waals surface area contributed by atoms with Gasteiger partial charge < -0.3 is 15.4 Å². The molecule has 7 heteroatoms. The lowest BCUT2D eigenvalue weighted by molar-refractivity contribution is -0.119. The second-order valence-electron chi connectivity index (χ2n) is 7.98. The van der Waals surface area contributed by atoms with Gasteiger partial charge in [-0.1, -0.05) is 30.3 Å². The Morgan fingerprint density at radius 2 is 1.56 bits per heavy atom. The SMILES string of the molecule is COCC(=O)Nc1ccc(NC(=O)c2cn(-c3ccccc3)nc2-c2ccc(C)c(C)c2)cc1. The van der Waals surface area contributed by atoms with Crippen LogP contribution in [0.25, 0.3) is 16.9 Å². The number of anilines is 2. The van der Waals surface area contributed by atoms with Crippen molar-refractivity contribution in [2.75, 3.05) is 24.4 Å². The molecule has 0 radical (unpaired) electrons. The first-order chi connectivity index (χ1) is 16.4. The van der Waals surface area contributed by atoms with Crippen molar-refractivity contribution in [1.29, 1.82) is 0 Å². The molecule has 3 aromatic carbocycles. The third-order valence-corrected chi connectivity index (χ3v) is 5.46. The Morgan fingerprint density at radius 3 is 2.21 bits per heavy atom. The third kappa shape index (κ3) is 5.22. The smallest absolute Gasteiger partial charge is 0.259 e. The highest BCUT2D eigenvalue weighted by Gasteiger charge is 2.19. The summed E-state index contributed by atoms with van der Waals surface area (Å²) in [7, 11) is 1.46. The summed E-state index contributed by atoms with van der Waals surface area (Å²) in [5, 5.41) is 10.4. The molecular weight excluding hydrogens is 428 g/mol. The van der Waals surface area contributed by atoms with Gasteiger partial charge in [0.1, 0.15) is 12.3 Å². The maximum atomic E-state index is 13.3. The summed E-state index contributed by atoms with van der Waals surface area (Å²) in [6.45, 7) is 4.07. The second kappa shape index (κ2) is 10.1. The molecule has 0 aliphatic carbocycles. The first kappa shape index (κ1) is 22.9. The largest absolute Gasteiger partial charge is 0.375 e. The lowest BCUT2D eigenvalue weighted by Crippen LogP contribution is -2.17. The molecule has 4 rings (SSSR count). The molecule has 0 saturated heterocycles. The number of nitrogens with one attached hydrogen (secondary N) is 2. The lowest BCUT2D eigenvalue weighted by Gasteiger charge is -2.08. The predicted octanol–water partition coefficient (Wildman–Crippen LogP) is 4.99. The van der Waals surface area contributed by atoms with Crippen LogP contribution >= 0.6 is 0 Å². The molecule has 34 heavy (non-hydrogen) atoms. The molecule has 0 aliphatic heterocycles. The minimum absolute atomic E-state index is 0.0227. The van der Waals surface area contributed by atoms with Crippen molar-refractivity contribution in [2.45, 2.75) is 13.8 Å². The van der Waals surface area contributed by atoms with Crippen LogP contribution in [0.4, 0.5) is 11.4 Å². The summed E-state index contributed by atoms with van der Waals surface area (Å²) in [6, 6.07) is 22.6. The first-order valence-electron chi connectivity index (χ1n) is 10.9. The number of rotatable bonds is 7. The number of carbonyl (C=O) groups excluding carboxylic acids is 2. The first-order valence-corrected chi connectivity index (χ1v) is 10.9. The van der Waals surface area contributed by atoms with Gasteiger partial charge >= 0.3 is 0 Å². The number of amides is 2. The summed E-state index contributed by atoms with van der Waals surface area (Å²) in [5.74, 6) is -0.516. The van der Waals surface area contributed by atoms with E-state index in [0.29, 0.717) is 22.6 Å². The van der Waals surface area contributed by atoms with Crippen LogP contribution in [0.3, 0.4) is 0 Å². The Labute approximate surface area is 198 Å². The van der Waals surface area contributed by atoms with E-state index < -0.39 is 0 Å². The van der Waals surface area contributed by atoms with Crippen molar-refractivity contribution >= 4 is 23.2 Å². The minimum Gasteiger partial charge on any atom is -0.375 e. The highest BCUT2D eigenvalue weighted by molar-refractivity contribution is 6.08. The van der Waals surface area contributed by atoms with E-state index in [1.54, 1.807) is 35.1 Å². The molecule has 2 N–H and O–H groups in total. The van der Waals surface area contributed by atoms with Crippen LogP contribution in [0.1, 0.15) is 21.5 Å². The van der Waals surface area contributed by atoms with Gasteiger partial charge in [-0.25, -0.2) is 4.68 Å². The van der Waals surface area contributed by atoms with Crippen molar-refractivity contribution in [3.8, 4) is 16.9 Å². The van der Waals surface area contributed by atoms with E-state index in [-0.39, 0.29) is 18.4 Å². The monoisotopic (exact) mass is 454 g/mol. The molecule has 0 fully saturated rings. The van der Waals surface area contributed by atoms with E-state index in [9.17, 15) is 9.59 Å².